The SMILES string of the molecule is Cc1cc(C(=O)N2CCC(NC(=O)Nc3ccccc3)CC2)ccc1[N+](=O)[O-]. The van der Waals surface area contributed by atoms with Crippen LogP contribution >= 0.6 is 0 Å². The number of nitrogens with zero attached hydrogens (tertiary/aromatic N) is 2. The maximum atomic E-state index is 12.7. The van der Waals surface area contributed by atoms with E-state index in [1.165, 1.54) is 12.1 Å². The number of para-hydroxylation sites is 1. The van der Waals surface area contributed by atoms with E-state index in [4.69, 9.17) is 0 Å². The number of carbonyl (C=O) groups excluding carboxylic acids is 2. The molecule has 0 radical (unpaired) electrons. The quantitative estimate of drug-likeness (QED) is 0.625. The molecule has 1 saturated heterocycles. The fraction of sp³-hybridized carbons (Fsp3) is 0.300. The van der Waals surface area contributed by atoms with Crippen LogP contribution in [-0.2, 0) is 0 Å². The lowest BCUT2D eigenvalue weighted by Crippen LogP contribution is -2.47. The van der Waals surface area contributed by atoms with E-state index in [1.807, 2.05) is 30.3 Å². The first-order valence-electron chi connectivity index (χ1n) is 9.11. The van der Waals surface area contributed by atoms with Gasteiger partial charge >= 0.3 is 6.03 Å². The van der Waals surface area contributed by atoms with E-state index < -0.39 is 4.92 Å². The van der Waals surface area contributed by atoms with Gasteiger partial charge in [0.1, 0.15) is 0 Å². The standard InChI is InChI=1S/C20H22N4O4/c1-14-13-15(7-8-18(14)24(27)28)19(25)23-11-9-17(10-12-23)22-20(26)21-16-5-3-2-4-6-16/h2-8,13,17H,9-12H2,1H3,(H2,21,22,26). The molecular formula is C20H22N4O4. The number of amides is 3. The molecule has 0 spiro atoms. The van der Waals surface area contributed by atoms with Crippen molar-refractivity contribution in [2.45, 2.75) is 25.8 Å². The minimum atomic E-state index is -0.457. The molecule has 1 heterocycles. The van der Waals surface area contributed by atoms with Gasteiger partial charge in [0, 0.05) is 42.0 Å². The van der Waals surface area contributed by atoms with Crippen molar-refractivity contribution in [3.8, 4) is 0 Å². The Balaban J connectivity index is 1.52. The molecule has 0 saturated carbocycles. The second-order valence-electron chi connectivity index (χ2n) is 6.79. The maximum absolute atomic E-state index is 12.7. The van der Waals surface area contributed by atoms with Crippen LogP contribution in [0.3, 0.4) is 0 Å². The first-order chi connectivity index (χ1) is 13.4. The zero-order chi connectivity index (χ0) is 20.1. The summed E-state index contributed by atoms with van der Waals surface area (Å²) in [7, 11) is 0. The third-order valence-corrected chi connectivity index (χ3v) is 4.79. The number of hydrogen-bond acceptors (Lipinski definition) is 4. The van der Waals surface area contributed by atoms with Crippen molar-refractivity contribution < 1.29 is 14.5 Å². The van der Waals surface area contributed by atoms with Gasteiger partial charge in [-0.05, 0) is 44.0 Å². The van der Waals surface area contributed by atoms with Crippen LogP contribution in [0.25, 0.3) is 0 Å². The molecule has 2 aromatic carbocycles. The number of nitrogens with one attached hydrogen (secondary N) is 2. The van der Waals surface area contributed by atoms with Crippen LogP contribution in [0.1, 0.15) is 28.8 Å². The molecular weight excluding hydrogens is 360 g/mol. The Morgan fingerprint density at radius 1 is 1.11 bits per heavy atom. The van der Waals surface area contributed by atoms with Crippen molar-refractivity contribution in [2.24, 2.45) is 0 Å². The molecule has 0 unspecified atom stereocenters. The number of rotatable bonds is 4. The molecule has 2 N–H and O–H groups in total. The molecule has 0 aliphatic carbocycles. The molecule has 8 heteroatoms. The largest absolute Gasteiger partial charge is 0.338 e. The van der Waals surface area contributed by atoms with E-state index in [1.54, 1.807) is 17.9 Å². The average molecular weight is 382 g/mol. The first-order valence-corrected chi connectivity index (χ1v) is 9.11. The fourth-order valence-electron chi connectivity index (χ4n) is 3.28. The summed E-state index contributed by atoms with van der Waals surface area (Å²) in [6, 6.07) is 13.3. The van der Waals surface area contributed by atoms with Crippen LogP contribution in [0.2, 0.25) is 0 Å². The molecule has 1 aliphatic heterocycles. The Labute approximate surface area is 162 Å². The lowest BCUT2D eigenvalue weighted by atomic mass is 10.0. The molecule has 2 aromatic rings. The van der Waals surface area contributed by atoms with Crippen LogP contribution in [-0.4, -0.2) is 40.9 Å². The lowest BCUT2D eigenvalue weighted by Gasteiger charge is -2.32. The smallest absolute Gasteiger partial charge is 0.319 e. The summed E-state index contributed by atoms with van der Waals surface area (Å²) in [6.07, 6.45) is 1.31. The highest BCUT2D eigenvalue weighted by atomic mass is 16.6. The third-order valence-electron chi connectivity index (χ3n) is 4.79. The first kappa shape index (κ1) is 19.3. The van der Waals surface area contributed by atoms with Gasteiger partial charge in [0.05, 0.1) is 4.92 Å². The predicted molar refractivity (Wildman–Crippen MR) is 105 cm³/mol. The number of piperidine rings is 1. The van der Waals surface area contributed by atoms with Crippen molar-refractivity contribution in [1.82, 2.24) is 10.2 Å². The summed E-state index contributed by atoms with van der Waals surface area (Å²) >= 11 is 0. The van der Waals surface area contributed by atoms with Gasteiger partial charge < -0.3 is 15.5 Å². The van der Waals surface area contributed by atoms with Crippen LogP contribution in [0.15, 0.2) is 48.5 Å². The number of urea groups is 1. The minimum Gasteiger partial charge on any atom is -0.338 e. The molecule has 1 aliphatic rings. The number of carbonyl (C=O) groups is 2. The highest BCUT2D eigenvalue weighted by molar-refractivity contribution is 5.95. The Kier molecular flexibility index (Phi) is 5.88. The monoisotopic (exact) mass is 382 g/mol. The maximum Gasteiger partial charge on any atom is 0.319 e. The van der Waals surface area contributed by atoms with Gasteiger partial charge in [-0.2, -0.15) is 0 Å². The summed E-state index contributed by atoms with van der Waals surface area (Å²) in [5, 5.41) is 16.6. The van der Waals surface area contributed by atoms with Crippen molar-refractivity contribution in [2.75, 3.05) is 18.4 Å². The second-order valence-corrected chi connectivity index (χ2v) is 6.79. The van der Waals surface area contributed by atoms with Gasteiger partial charge in [0.25, 0.3) is 11.6 Å². The van der Waals surface area contributed by atoms with Crippen LogP contribution < -0.4 is 10.6 Å². The van der Waals surface area contributed by atoms with Crippen LogP contribution in [0.4, 0.5) is 16.2 Å². The molecule has 3 amide bonds. The number of aryl methyl sites for hydroxylation is 1. The zero-order valence-electron chi connectivity index (χ0n) is 15.6. The van der Waals surface area contributed by atoms with Gasteiger partial charge in [-0.3, -0.25) is 14.9 Å². The molecule has 28 heavy (non-hydrogen) atoms. The van der Waals surface area contributed by atoms with E-state index in [2.05, 4.69) is 10.6 Å². The molecule has 3 rings (SSSR count). The van der Waals surface area contributed by atoms with Gasteiger partial charge in [0.15, 0.2) is 0 Å². The van der Waals surface area contributed by atoms with E-state index in [0.29, 0.717) is 37.1 Å². The Morgan fingerprint density at radius 2 is 1.79 bits per heavy atom. The normalized spacial score (nSPS) is 14.4. The number of nitro benzene ring substituents is 1. The van der Waals surface area contributed by atoms with Crippen LogP contribution in [0, 0.1) is 17.0 Å². The number of anilines is 1. The number of nitro groups is 1. The molecule has 8 nitrogen and oxygen atoms in total. The molecule has 0 atom stereocenters. The van der Waals surface area contributed by atoms with Crippen molar-refractivity contribution in [1.29, 1.82) is 0 Å². The summed E-state index contributed by atoms with van der Waals surface area (Å²) in [5.41, 5.74) is 1.63. The van der Waals surface area contributed by atoms with Crippen molar-refractivity contribution in [3.63, 3.8) is 0 Å². The highest BCUT2D eigenvalue weighted by Gasteiger charge is 2.25. The summed E-state index contributed by atoms with van der Waals surface area (Å²) in [6.45, 7) is 2.66. The van der Waals surface area contributed by atoms with Gasteiger partial charge in [0.2, 0.25) is 0 Å². The van der Waals surface area contributed by atoms with Gasteiger partial charge in [-0.1, -0.05) is 18.2 Å². The zero-order valence-corrected chi connectivity index (χ0v) is 15.6. The second kappa shape index (κ2) is 8.51. The van der Waals surface area contributed by atoms with E-state index >= 15 is 0 Å². The Hall–Kier alpha value is -3.42. The van der Waals surface area contributed by atoms with Crippen molar-refractivity contribution >= 4 is 23.3 Å². The molecule has 0 aromatic heterocycles. The molecule has 1 fully saturated rings. The Morgan fingerprint density at radius 3 is 2.39 bits per heavy atom. The summed E-state index contributed by atoms with van der Waals surface area (Å²) < 4.78 is 0. The number of likely N-dealkylation sites (tertiary alicyclic amines) is 1. The molecule has 0 bridgehead atoms. The predicted octanol–water partition coefficient (Wildman–Crippen LogP) is 3.33. The number of benzene rings is 2. The Bertz CT molecular complexity index is 877. The fourth-order valence-corrected chi connectivity index (χ4v) is 3.28. The summed E-state index contributed by atoms with van der Waals surface area (Å²) in [5.74, 6) is -0.148. The lowest BCUT2D eigenvalue weighted by molar-refractivity contribution is -0.385. The highest BCUT2D eigenvalue weighted by Crippen LogP contribution is 2.21. The van der Waals surface area contributed by atoms with Gasteiger partial charge in [-0.25, -0.2) is 4.79 Å². The van der Waals surface area contributed by atoms with Crippen molar-refractivity contribution in [3.05, 3.63) is 69.8 Å². The van der Waals surface area contributed by atoms with Gasteiger partial charge in [-0.15, -0.1) is 0 Å². The van der Waals surface area contributed by atoms with Crippen LogP contribution in [0.5, 0.6) is 0 Å². The number of hydrogen-bond donors (Lipinski definition) is 2. The van der Waals surface area contributed by atoms with E-state index in [9.17, 15) is 19.7 Å². The van der Waals surface area contributed by atoms with E-state index in [0.717, 1.165) is 5.69 Å². The average Bonchev–Trinajstić information content (AvgIpc) is 2.68. The summed E-state index contributed by atoms with van der Waals surface area (Å²) in [4.78, 5) is 36.9. The third kappa shape index (κ3) is 4.64. The molecule has 146 valence electrons. The van der Waals surface area contributed by atoms with E-state index in [-0.39, 0.29) is 23.7 Å². The topological polar surface area (TPSA) is 105 Å². The minimum absolute atomic E-state index is 0.00360.